The van der Waals surface area contributed by atoms with Crippen molar-refractivity contribution in [1.82, 2.24) is 19.7 Å². The molecule has 3 rings (SSSR count). The van der Waals surface area contributed by atoms with Crippen LogP contribution in [0.5, 0.6) is 0 Å². The van der Waals surface area contributed by atoms with E-state index in [1.54, 1.807) is 24.0 Å². The van der Waals surface area contributed by atoms with Crippen molar-refractivity contribution >= 4 is 34.1 Å². The van der Waals surface area contributed by atoms with Crippen LogP contribution in [0.3, 0.4) is 0 Å². The van der Waals surface area contributed by atoms with Crippen molar-refractivity contribution in [2.75, 3.05) is 11.6 Å². The van der Waals surface area contributed by atoms with Crippen LogP contribution in [0.15, 0.2) is 41.8 Å². The molecule has 0 fully saturated rings. The third kappa shape index (κ3) is 3.65. The van der Waals surface area contributed by atoms with Gasteiger partial charge >= 0.3 is 0 Å². The molecule has 0 unspecified atom stereocenters. The summed E-state index contributed by atoms with van der Waals surface area (Å²) < 4.78 is 1.95. The van der Waals surface area contributed by atoms with Gasteiger partial charge in [-0.2, -0.15) is 0 Å². The molecule has 6 nitrogen and oxygen atoms in total. The predicted molar refractivity (Wildman–Crippen MR) is 97.2 cm³/mol. The number of hydrogen-bond acceptors (Lipinski definition) is 6. The summed E-state index contributed by atoms with van der Waals surface area (Å²) >= 11 is 2.97. The minimum absolute atomic E-state index is 0.193. The summed E-state index contributed by atoms with van der Waals surface area (Å²) in [6.45, 7) is 2.09. The molecular weight excluding hydrogens is 342 g/mol. The Hall–Kier alpha value is -2.19. The standard InChI is InChI=1S/C16H17N5OS2/c1-3-5-13-19-20-15(24-13)18-14(22)11-6-4-7-12(10-11)21-9-8-17-16(21)23-2/h4,6-10H,3,5H2,1-2H3,(H,18,20,22). The number of hydrogen-bond donors (Lipinski definition) is 1. The van der Waals surface area contributed by atoms with Crippen LogP contribution >= 0.6 is 23.1 Å². The predicted octanol–water partition coefficient (Wildman–Crippen LogP) is 3.65. The molecule has 0 aliphatic carbocycles. The molecule has 0 bridgehead atoms. The molecule has 2 heterocycles. The Balaban J connectivity index is 1.79. The zero-order valence-corrected chi connectivity index (χ0v) is 15.0. The van der Waals surface area contributed by atoms with E-state index in [1.807, 2.05) is 35.2 Å². The Morgan fingerprint density at radius 3 is 3.04 bits per heavy atom. The first-order chi connectivity index (χ1) is 11.7. The van der Waals surface area contributed by atoms with Crippen molar-refractivity contribution in [1.29, 1.82) is 0 Å². The number of aromatic nitrogens is 4. The van der Waals surface area contributed by atoms with Crippen molar-refractivity contribution in [3.8, 4) is 5.69 Å². The molecule has 124 valence electrons. The van der Waals surface area contributed by atoms with Gasteiger partial charge in [-0.1, -0.05) is 36.1 Å². The minimum atomic E-state index is -0.193. The normalized spacial score (nSPS) is 10.8. The third-order valence-electron chi connectivity index (χ3n) is 3.33. The first-order valence-electron chi connectivity index (χ1n) is 7.52. The SMILES string of the molecule is CCCc1nnc(NC(=O)c2cccc(-n3ccnc3SC)c2)s1. The second-order valence-corrected chi connectivity index (χ2v) is 6.87. The fourth-order valence-electron chi connectivity index (χ4n) is 2.22. The quantitative estimate of drug-likeness (QED) is 0.680. The van der Waals surface area contributed by atoms with E-state index < -0.39 is 0 Å². The summed E-state index contributed by atoms with van der Waals surface area (Å²) in [5.41, 5.74) is 1.47. The molecule has 0 radical (unpaired) electrons. The molecule has 0 spiro atoms. The summed E-state index contributed by atoms with van der Waals surface area (Å²) in [6.07, 6.45) is 7.48. The highest BCUT2D eigenvalue weighted by Crippen LogP contribution is 2.21. The lowest BCUT2D eigenvalue weighted by atomic mass is 10.2. The molecule has 8 heteroatoms. The zero-order chi connectivity index (χ0) is 16.9. The lowest BCUT2D eigenvalue weighted by molar-refractivity contribution is 0.102. The van der Waals surface area contributed by atoms with Gasteiger partial charge in [-0.3, -0.25) is 14.7 Å². The van der Waals surface area contributed by atoms with E-state index in [4.69, 9.17) is 0 Å². The largest absolute Gasteiger partial charge is 0.296 e. The van der Waals surface area contributed by atoms with E-state index in [2.05, 4.69) is 27.4 Å². The average molecular weight is 359 g/mol. The number of imidazole rings is 1. The monoisotopic (exact) mass is 359 g/mol. The number of amides is 1. The molecular formula is C16H17N5OS2. The number of nitrogens with one attached hydrogen (secondary N) is 1. The van der Waals surface area contributed by atoms with Crippen LogP contribution in [0, 0.1) is 0 Å². The van der Waals surface area contributed by atoms with Gasteiger partial charge in [0.25, 0.3) is 5.91 Å². The highest BCUT2D eigenvalue weighted by Gasteiger charge is 2.12. The molecule has 0 atom stereocenters. The molecule has 2 aromatic heterocycles. The Kier molecular flexibility index (Phi) is 5.27. The number of aryl methyl sites for hydroxylation is 1. The van der Waals surface area contributed by atoms with Gasteiger partial charge in [0.15, 0.2) is 5.16 Å². The fraction of sp³-hybridized carbons (Fsp3) is 0.250. The van der Waals surface area contributed by atoms with Crippen LogP contribution in [0.25, 0.3) is 5.69 Å². The molecule has 3 aromatic rings. The first-order valence-corrected chi connectivity index (χ1v) is 9.57. The number of thioether (sulfide) groups is 1. The van der Waals surface area contributed by atoms with Crippen molar-refractivity contribution in [3.05, 3.63) is 47.2 Å². The van der Waals surface area contributed by atoms with Crippen LogP contribution in [-0.4, -0.2) is 31.9 Å². The van der Waals surface area contributed by atoms with Gasteiger partial charge in [-0.05, 0) is 30.9 Å². The number of carbonyl (C=O) groups is 1. The van der Waals surface area contributed by atoms with E-state index in [-0.39, 0.29) is 5.91 Å². The van der Waals surface area contributed by atoms with E-state index in [9.17, 15) is 4.79 Å². The Morgan fingerprint density at radius 1 is 1.38 bits per heavy atom. The van der Waals surface area contributed by atoms with E-state index in [0.717, 1.165) is 28.7 Å². The molecule has 0 saturated heterocycles. The second-order valence-electron chi connectivity index (χ2n) is 5.04. The number of carbonyl (C=O) groups excluding carboxylic acids is 1. The minimum Gasteiger partial charge on any atom is -0.296 e. The van der Waals surface area contributed by atoms with Crippen molar-refractivity contribution < 1.29 is 4.79 Å². The average Bonchev–Trinajstić information content (AvgIpc) is 3.24. The molecule has 0 saturated carbocycles. The van der Waals surface area contributed by atoms with Gasteiger partial charge in [-0.15, -0.1) is 10.2 Å². The second kappa shape index (κ2) is 7.59. The molecule has 24 heavy (non-hydrogen) atoms. The van der Waals surface area contributed by atoms with Crippen molar-refractivity contribution in [2.24, 2.45) is 0 Å². The van der Waals surface area contributed by atoms with Crippen molar-refractivity contribution in [3.63, 3.8) is 0 Å². The molecule has 1 N–H and O–H groups in total. The van der Waals surface area contributed by atoms with Crippen LogP contribution < -0.4 is 5.32 Å². The van der Waals surface area contributed by atoms with Gasteiger partial charge in [0.05, 0.1) is 0 Å². The molecule has 0 aliphatic rings. The number of benzene rings is 1. The Bertz CT molecular complexity index is 842. The van der Waals surface area contributed by atoms with E-state index in [0.29, 0.717) is 10.7 Å². The molecule has 0 aliphatic heterocycles. The number of rotatable bonds is 6. The highest BCUT2D eigenvalue weighted by molar-refractivity contribution is 7.98. The van der Waals surface area contributed by atoms with Gasteiger partial charge in [0, 0.05) is 30.1 Å². The summed E-state index contributed by atoms with van der Waals surface area (Å²) in [6, 6.07) is 7.42. The molecule has 1 aromatic carbocycles. The summed E-state index contributed by atoms with van der Waals surface area (Å²) in [4.78, 5) is 16.7. The fourth-order valence-corrected chi connectivity index (χ4v) is 3.59. The van der Waals surface area contributed by atoms with Gasteiger partial charge < -0.3 is 0 Å². The summed E-state index contributed by atoms with van der Waals surface area (Å²) in [7, 11) is 0. The maximum absolute atomic E-state index is 12.5. The Morgan fingerprint density at radius 2 is 2.25 bits per heavy atom. The maximum Gasteiger partial charge on any atom is 0.257 e. The smallest absolute Gasteiger partial charge is 0.257 e. The van der Waals surface area contributed by atoms with Crippen molar-refractivity contribution in [2.45, 2.75) is 24.9 Å². The third-order valence-corrected chi connectivity index (χ3v) is 4.89. The van der Waals surface area contributed by atoms with Crippen LogP contribution in [0.1, 0.15) is 28.7 Å². The lowest BCUT2D eigenvalue weighted by Crippen LogP contribution is -2.12. The van der Waals surface area contributed by atoms with E-state index >= 15 is 0 Å². The number of nitrogens with zero attached hydrogens (tertiary/aromatic N) is 4. The highest BCUT2D eigenvalue weighted by atomic mass is 32.2. The maximum atomic E-state index is 12.5. The lowest BCUT2D eigenvalue weighted by Gasteiger charge is -2.08. The Labute approximate surface area is 148 Å². The molecule has 1 amide bonds. The van der Waals surface area contributed by atoms with E-state index in [1.165, 1.54) is 11.3 Å². The van der Waals surface area contributed by atoms with Gasteiger partial charge in [0.1, 0.15) is 5.01 Å². The van der Waals surface area contributed by atoms with Gasteiger partial charge in [0.2, 0.25) is 5.13 Å². The van der Waals surface area contributed by atoms with Crippen LogP contribution in [0.2, 0.25) is 0 Å². The summed E-state index contributed by atoms with van der Waals surface area (Å²) in [5, 5.41) is 13.2. The van der Waals surface area contributed by atoms with Gasteiger partial charge in [-0.25, -0.2) is 4.98 Å². The zero-order valence-electron chi connectivity index (χ0n) is 13.4. The van der Waals surface area contributed by atoms with Crippen LogP contribution in [0.4, 0.5) is 5.13 Å². The number of anilines is 1. The topological polar surface area (TPSA) is 72.7 Å². The first kappa shape index (κ1) is 16.7. The summed E-state index contributed by atoms with van der Waals surface area (Å²) in [5.74, 6) is -0.193. The van der Waals surface area contributed by atoms with Crippen LogP contribution in [-0.2, 0) is 6.42 Å².